The molecule has 1 amide bonds. The summed E-state index contributed by atoms with van der Waals surface area (Å²) in [6.45, 7) is 2.17. The van der Waals surface area contributed by atoms with Crippen LogP contribution in [0.1, 0.15) is 28.8 Å². The van der Waals surface area contributed by atoms with Crippen molar-refractivity contribution in [1.82, 2.24) is 4.90 Å². The van der Waals surface area contributed by atoms with Crippen LogP contribution in [-0.2, 0) is 15.7 Å². The van der Waals surface area contributed by atoms with Crippen LogP contribution in [0.2, 0.25) is 0 Å². The fourth-order valence-electron chi connectivity index (χ4n) is 3.58. The molecule has 1 spiro atoms. The number of rotatable bonds is 3. The Balaban J connectivity index is 1.44. The van der Waals surface area contributed by atoms with Crippen LogP contribution in [0, 0.1) is 0 Å². The van der Waals surface area contributed by atoms with Crippen LogP contribution in [0.25, 0.3) is 0 Å². The molecule has 0 aliphatic carbocycles. The number of ether oxygens (including phenoxy) is 3. The van der Waals surface area contributed by atoms with Crippen molar-refractivity contribution in [1.29, 1.82) is 0 Å². The van der Waals surface area contributed by atoms with Gasteiger partial charge in [-0.1, -0.05) is 12.1 Å². The summed E-state index contributed by atoms with van der Waals surface area (Å²) in [7, 11) is 0. The van der Waals surface area contributed by atoms with Crippen LogP contribution in [0.3, 0.4) is 0 Å². The van der Waals surface area contributed by atoms with Gasteiger partial charge < -0.3 is 19.1 Å². The third-order valence-corrected chi connectivity index (χ3v) is 5.10. The SMILES string of the molecule is O=C(c1cccc(Oc2cccc(C(F)(F)F)c2)c1)N1CCC2(CC1)OCCO2. The van der Waals surface area contributed by atoms with E-state index in [1.54, 1.807) is 23.1 Å². The molecule has 0 saturated carbocycles. The van der Waals surface area contributed by atoms with Crippen LogP contribution in [-0.4, -0.2) is 42.9 Å². The van der Waals surface area contributed by atoms with Crippen molar-refractivity contribution in [3.05, 3.63) is 59.7 Å². The molecule has 0 radical (unpaired) electrons. The minimum Gasteiger partial charge on any atom is -0.457 e. The van der Waals surface area contributed by atoms with Gasteiger partial charge in [-0.15, -0.1) is 0 Å². The Bertz CT molecular complexity index is 883. The third-order valence-electron chi connectivity index (χ3n) is 5.10. The lowest BCUT2D eigenvalue weighted by Gasteiger charge is -2.37. The number of piperidine rings is 1. The van der Waals surface area contributed by atoms with Crippen molar-refractivity contribution in [3.8, 4) is 11.5 Å². The van der Waals surface area contributed by atoms with E-state index in [2.05, 4.69) is 0 Å². The number of amides is 1. The molecular formula is C21H20F3NO4. The van der Waals surface area contributed by atoms with Gasteiger partial charge in [-0.05, 0) is 36.4 Å². The van der Waals surface area contributed by atoms with E-state index in [4.69, 9.17) is 14.2 Å². The van der Waals surface area contributed by atoms with Crippen molar-refractivity contribution >= 4 is 5.91 Å². The maximum absolute atomic E-state index is 12.9. The Hall–Kier alpha value is -2.58. The lowest BCUT2D eigenvalue weighted by atomic mass is 10.0. The van der Waals surface area contributed by atoms with Gasteiger partial charge in [0.25, 0.3) is 5.91 Å². The lowest BCUT2D eigenvalue weighted by molar-refractivity contribution is -0.181. The fourth-order valence-corrected chi connectivity index (χ4v) is 3.58. The Kier molecular flexibility index (Phi) is 5.23. The molecule has 0 bridgehead atoms. The van der Waals surface area contributed by atoms with E-state index in [-0.39, 0.29) is 11.7 Å². The topological polar surface area (TPSA) is 48.0 Å². The predicted octanol–water partition coefficient (Wildman–Crippen LogP) is 4.48. The third kappa shape index (κ3) is 4.38. The first-order valence-electron chi connectivity index (χ1n) is 9.37. The number of benzene rings is 2. The van der Waals surface area contributed by atoms with Crippen molar-refractivity contribution in [2.75, 3.05) is 26.3 Å². The van der Waals surface area contributed by atoms with Gasteiger partial charge in [0.05, 0.1) is 18.8 Å². The molecule has 0 unspecified atom stereocenters. The Labute approximate surface area is 166 Å². The number of nitrogens with zero attached hydrogens (tertiary/aromatic N) is 1. The standard InChI is InChI=1S/C21H20F3NO4/c22-21(23,24)16-4-2-6-18(14-16)29-17-5-1-3-15(13-17)19(26)25-9-7-20(8-10-25)27-11-12-28-20/h1-6,13-14H,7-12H2. The molecule has 2 fully saturated rings. The molecule has 4 rings (SSSR count). The van der Waals surface area contributed by atoms with Crippen LogP contribution in [0.4, 0.5) is 13.2 Å². The summed E-state index contributed by atoms with van der Waals surface area (Å²) in [4.78, 5) is 14.6. The van der Waals surface area contributed by atoms with Crippen LogP contribution < -0.4 is 4.74 Å². The highest BCUT2D eigenvalue weighted by Gasteiger charge is 2.40. The Morgan fingerprint density at radius 1 is 0.966 bits per heavy atom. The van der Waals surface area contributed by atoms with E-state index in [0.29, 0.717) is 50.5 Å². The highest BCUT2D eigenvalue weighted by Crippen LogP contribution is 2.34. The number of halogens is 3. The lowest BCUT2D eigenvalue weighted by Crippen LogP contribution is -2.47. The first kappa shape index (κ1) is 19.7. The molecule has 2 aromatic carbocycles. The van der Waals surface area contributed by atoms with Gasteiger partial charge >= 0.3 is 6.18 Å². The summed E-state index contributed by atoms with van der Waals surface area (Å²) in [5.74, 6) is -0.371. The van der Waals surface area contributed by atoms with E-state index in [1.807, 2.05) is 0 Å². The van der Waals surface area contributed by atoms with Gasteiger partial charge in [0.1, 0.15) is 11.5 Å². The molecular weight excluding hydrogens is 387 g/mol. The van der Waals surface area contributed by atoms with Crippen molar-refractivity contribution in [2.45, 2.75) is 24.8 Å². The summed E-state index contributed by atoms with van der Waals surface area (Å²) in [6, 6.07) is 11.1. The summed E-state index contributed by atoms with van der Waals surface area (Å²) >= 11 is 0. The minimum atomic E-state index is -4.45. The van der Waals surface area contributed by atoms with Gasteiger partial charge in [-0.25, -0.2) is 0 Å². The summed E-state index contributed by atoms with van der Waals surface area (Å²) in [5, 5.41) is 0. The summed E-state index contributed by atoms with van der Waals surface area (Å²) < 4.78 is 55.5. The predicted molar refractivity (Wildman–Crippen MR) is 97.7 cm³/mol. The number of carbonyl (C=O) groups excluding carboxylic acids is 1. The Morgan fingerprint density at radius 3 is 2.24 bits per heavy atom. The van der Waals surface area contributed by atoms with Crippen LogP contribution >= 0.6 is 0 Å². The maximum atomic E-state index is 12.9. The molecule has 154 valence electrons. The number of hydrogen-bond acceptors (Lipinski definition) is 4. The second-order valence-electron chi connectivity index (χ2n) is 7.06. The molecule has 8 heteroatoms. The number of hydrogen-bond donors (Lipinski definition) is 0. The van der Waals surface area contributed by atoms with E-state index in [9.17, 15) is 18.0 Å². The van der Waals surface area contributed by atoms with Gasteiger partial charge in [-0.3, -0.25) is 4.79 Å². The maximum Gasteiger partial charge on any atom is 0.416 e. The van der Waals surface area contributed by atoms with Crippen molar-refractivity contribution in [3.63, 3.8) is 0 Å². The summed E-state index contributed by atoms with van der Waals surface area (Å²) in [6.07, 6.45) is -3.23. The molecule has 0 aromatic heterocycles. The van der Waals surface area contributed by atoms with Crippen molar-refractivity contribution < 1.29 is 32.2 Å². The number of carbonyl (C=O) groups is 1. The second-order valence-corrected chi connectivity index (χ2v) is 7.06. The average Bonchev–Trinajstić information content (AvgIpc) is 3.16. The van der Waals surface area contributed by atoms with E-state index in [0.717, 1.165) is 12.1 Å². The number of alkyl halides is 3. The van der Waals surface area contributed by atoms with Gasteiger partial charge in [-0.2, -0.15) is 13.2 Å². The largest absolute Gasteiger partial charge is 0.457 e. The van der Waals surface area contributed by atoms with E-state index >= 15 is 0 Å². The van der Waals surface area contributed by atoms with Gasteiger partial charge in [0.2, 0.25) is 0 Å². The van der Waals surface area contributed by atoms with E-state index in [1.165, 1.54) is 18.2 Å². The minimum absolute atomic E-state index is 0.0554. The van der Waals surface area contributed by atoms with Crippen LogP contribution in [0.15, 0.2) is 48.5 Å². The monoisotopic (exact) mass is 407 g/mol. The fraction of sp³-hybridized carbons (Fsp3) is 0.381. The van der Waals surface area contributed by atoms with Crippen LogP contribution in [0.5, 0.6) is 11.5 Å². The molecule has 2 saturated heterocycles. The molecule has 2 aromatic rings. The Morgan fingerprint density at radius 2 is 1.59 bits per heavy atom. The first-order valence-corrected chi connectivity index (χ1v) is 9.37. The zero-order chi connectivity index (χ0) is 20.5. The normalized spacial score (nSPS) is 18.8. The molecule has 29 heavy (non-hydrogen) atoms. The summed E-state index contributed by atoms with van der Waals surface area (Å²) in [5.41, 5.74) is -0.375. The van der Waals surface area contributed by atoms with Gasteiger partial charge in [0.15, 0.2) is 5.79 Å². The quantitative estimate of drug-likeness (QED) is 0.753. The molecule has 2 heterocycles. The molecule has 2 aliphatic rings. The first-order chi connectivity index (χ1) is 13.8. The number of likely N-dealkylation sites (tertiary alicyclic amines) is 1. The zero-order valence-electron chi connectivity index (χ0n) is 15.6. The highest BCUT2D eigenvalue weighted by atomic mass is 19.4. The second kappa shape index (κ2) is 7.68. The molecule has 2 aliphatic heterocycles. The van der Waals surface area contributed by atoms with E-state index < -0.39 is 17.5 Å². The zero-order valence-corrected chi connectivity index (χ0v) is 15.6. The highest BCUT2D eigenvalue weighted by molar-refractivity contribution is 5.94. The molecule has 5 nitrogen and oxygen atoms in total. The smallest absolute Gasteiger partial charge is 0.416 e. The van der Waals surface area contributed by atoms with Gasteiger partial charge in [0, 0.05) is 31.5 Å². The molecule has 0 N–H and O–H groups in total. The van der Waals surface area contributed by atoms with Crippen molar-refractivity contribution in [2.24, 2.45) is 0 Å². The molecule has 0 atom stereocenters. The average molecular weight is 407 g/mol.